The van der Waals surface area contributed by atoms with Crippen LogP contribution in [0, 0.1) is 40.9 Å². The number of fused-ring (bicyclic) bond motifs is 9. The van der Waals surface area contributed by atoms with Crippen molar-refractivity contribution in [1.82, 2.24) is 0 Å². The van der Waals surface area contributed by atoms with E-state index in [0.717, 1.165) is 36.0 Å². The van der Waals surface area contributed by atoms with E-state index in [1.807, 2.05) is 0 Å². The zero-order chi connectivity index (χ0) is 14.2. The molecule has 4 aliphatic carbocycles. The second kappa shape index (κ2) is 3.90. The molecule has 20 heavy (non-hydrogen) atoms. The van der Waals surface area contributed by atoms with Crippen LogP contribution >= 0.6 is 0 Å². The Morgan fingerprint density at radius 2 is 1.90 bits per heavy atom. The summed E-state index contributed by atoms with van der Waals surface area (Å²) in [5.74, 6) is 4.93. The van der Waals surface area contributed by atoms with Gasteiger partial charge in [-0.15, -0.1) is 0 Å². The highest BCUT2D eigenvalue weighted by molar-refractivity contribution is 5.87. The van der Waals surface area contributed by atoms with Crippen LogP contribution in [0.5, 0.6) is 0 Å². The van der Waals surface area contributed by atoms with Gasteiger partial charge in [0.1, 0.15) is 6.10 Å². The number of esters is 1. The van der Waals surface area contributed by atoms with E-state index in [9.17, 15) is 4.79 Å². The molecule has 0 heterocycles. The maximum Gasteiger partial charge on any atom is 0.333 e. The molecule has 2 heteroatoms. The fourth-order valence-corrected chi connectivity index (χ4v) is 6.55. The standard InChI is InChI=1S/C18H26O2/c1-9(2)17(19)20-14-7-10-5-12(14)15-11-6-13(16(10)15)18(3,4)8-11/h10-16H,1,5-8H2,2-4H3. The van der Waals surface area contributed by atoms with Crippen LogP contribution in [-0.2, 0) is 9.53 Å². The first-order valence-electron chi connectivity index (χ1n) is 8.25. The van der Waals surface area contributed by atoms with Gasteiger partial charge in [0.2, 0.25) is 0 Å². The summed E-state index contributed by atoms with van der Waals surface area (Å²) in [6.45, 7) is 10.4. The summed E-state index contributed by atoms with van der Waals surface area (Å²) in [4.78, 5) is 11.8. The number of carbonyl (C=O) groups excluding carboxylic acids is 1. The molecule has 2 nitrogen and oxygen atoms in total. The summed E-state index contributed by atoms with van der Waals surface area (Å²) >= 11 is 0. The van der Waals surface area contributed by atoms with Gasteiger partial charge >= 0.3 is 5.97 Å². The Morgan fingerprint density at radius 1 is 1.15 bits per heavy atom. The Balaban J connectivity index is 1.53. The van der Waals surface area contributed by atoms with Gasteiger partial charge in [-0.25, -0.2) is 4.79 Å². The SMILES string of the molecule is C=C(C)C(=O)OC1CC2CC1C1C3CC(C21)C(C)(C)C3. The minimum atomic E-state index is -0.178. The molecule has 7 unspecified atom stereocenters. The first kappa shape index (κ1) is 12.9. The number of hydrogen-bond donors (Lipinski definition) is 0. The summed E-state index contributed by atoms with van der Waals surface area (Å²) in [6, 6.07) is 0. The van der Waals surface area contributed by atoms with Crippen LogP contribution in [0.4, 0.5) is 0 Å². The van der Waals surface area contributed by atoms with E-state index in [2.05, 4.69) is 20.4 Å². The van der Waals surface area contributed by atoms with Crippen molar-refractivity contribution in [3.63, 3.8) is 0 Å². The van der Waals surface area contributed by atoms with E-state index < -0.39 is 0 Å². The van der Waals surface area contributed by atoms with Gasteiger partial charge in [0, 0.05) is 5.57 Å². The van der Waals surface area contributed by atoms with Crippen molar-refractivity contribution in [2.75, 3.05) is 0 Å². The van der Waals surface area contributed by atoms with Gasteiger partial charge < -0.3 is 4.74 Å². The van der Waals surface area contributed by atoms with Crippen LogP contribution in [-0.4, -0.2) is 12.1 Å². The third-order valence-electron chi connectivity index (χ3n) is 7.04. The first-order chi connectivity index (χ1) is 9.38. The van der Waals surface area contributed by atoms with Gasteiger partial charge in [-0.2, -0.15) is 0 Å². The predicted octanol–water partition coefficient (Wildman–Crippen LogP) is 3.81. The lowest BCUT2D eigenvalue weighted by atomic mass is 9.62. The maximum atomic E-state index is 11.8. The zero-order valence-electron chi connectivity index (χ0n) is 12.9. The second-order valence-electron chi connectivity index (χ2n) is 8.57. The Bertz CT molecular complexity index is 478. The molecule has 0 N–H and O–H groups in total. The summed E-state index contributed by atoms with van der Waals surface area (Å²) < 4.78 is 5.74. The van der Waals surface area contributed by atoms with Crippen molar-refractivity contribution in [3.8, 4) is 0 Å². The van der Waals surface area contributed by atoms with Gasteiger partial charge in [0.25, 0.3) is 0 Å². The molecular formula is C18H26O2. The molecule has 0 spiro atoms. The molecule has 0 aromatic heterocycles. The summed E-state index contributed by atoms with van der Waals surface area (Å²) in [7, 11) is 0. The van der Waals surface area contributed by atoms with Gasteiger partial charge in [-0.1, -0.05) is 20.4 Å². The molecule has 4 rings (SSSR count). The Morgan fingerprint density at radius 3 is 2.60 bits per heavy atom. The fraction of sp³-hybridized carbons (Fsp3) is 0.833. The second-order valence-corrected chi connectivity index (χ2v) is 8.57. The van der Waals surface area contributed by atoms with Gasteiger partial charge in [-0.05, 0) is 73.5 Å². The first-order valence-corrected chi connectivity index (χ1v) is 8.25. The van der Waals surface area contributed by atoms with Crippen molar-refractivity contribution in [2.45, 2.75) is 52.6 Å². The molecular weight excluding hydrogens is 248 g/mol. The summed E-state index contributed by atoms with van der Waals surface area (Å²) in [5.41, 5.74) is 1.10. The lowest BCUT2D eigenvalue weighted by Gasteiger charge is -2.44. The molecule has 4 aliphatic rings. The molecule has 4 saturated carbocycles. The minimum absolute atomic E-state index is 0.178. The molecule has 4 bridgehead atoms. The fourth-order valence-electron chi connectivity index (χ4n) is 6.55. The van der Waals surface area contributed by atoms with Crippen molar-refractivity contribution >= 4 is 5.97 Å². The van der Waals surface area contributed by atoms with Crippen LogP contribution in [0.15, 0.2) is 12.2 Å². The largest absolute Gasteiger partial charge is 0.459 e. The van der Waals surface area contributed by atoms with Crippen LogP contribution in [0.1, 0.15) is 46.5 Å². The minimum Gasteiger partial charge on any atom is -0.459 e. The topological polar surface area (TPSA) is 26.3 Å². The Hall–Kier alpha value is -0.790. The normalized spacial score (nSPS) is 50.2. The monoisotopic (exact) mass is 274 g/mol. The van der Waals surface area contributed by atoms with Crippen molar-refractivity contribution in [3.05, 3.63) is 12.2 Å². The van der Waals surface area contributed by atoms with E-state index >= 15 is 0 Å². The van der Waals surface area contributed by atoms with E-state index in [-0.39, 0.29) is 12.1 Å². The van der Waals surface area contributed by atoms with E-state index in [0.29, 0.717) is 16.9 Å². The van der Waals surface area contributed by atoms with Crippen molar-refractivity contribution in [2.24, 2.45) is 40.9 Å². The van der Waals surface area contributed by atoms with Crippen molar-refractivity contribution < 1.29 is 9.53 Å². The van der Waals surface area contributed by atoms with E-state index in [1.165, 1.54) is 19.3 Å². The van der Waals surface area contributed by atoms with Crippen LogP contribution in [0.25, 0.3) is 0 Å². The highest BCUT2D eigenvalue weighted by atomic mass is 16.5. The molecule has 110 valence electrons. The summed E-state index contributed by atoms with van der Waals surface area (Å²) in [5, 5.41) is 0. The Labute approximate surface area is 122 Å². The average molecular weight is 274 g/mol. The van der Waals surface area contributed by atoms with Crippen molar-refractivity contribution in [1.29, 1.82) is 0 Å². The molecule has 7 atom stereocenters. The molecule has 0 radical (unpaired) electrons. The van der Waals surface area contributed by atoms with E-state index in [4.69, 9.17) is 4.74 Å². The number of hydrogen-bond acceptors (Lipinski definition) is 2. The van der Waals surface area contributed by atoms with Gasteiger partial charge in [0.05, 0.1) is 0 Å². The van der Waals surface area contributed by atoms with Crippen LogP contribution in [0.2, 0.25) is 0 Å². The third kappa shape index (κ3) is 1.54. The van der Waals surface area contributed by atoms with E-state index in [1.54, 1.807) is 6.92 Å². The lowest BCUT2D eigenvalue weighted by molar-refractivity contribution is -0.149. The molecule has 0 aromatic rings. The Kier molecular flexibility index (Phi) is 2.52. The molecule has 0 aromatic carbocycles. The lowest BCUT2D eigenvalue weighted by Crippen LogP contribution is -2.41. The highest BCUT2D eigenvalue weighted by Gasteiger charge is 2.67. The van der Waals surface area contributed by atoms with Crippen LogP contribution < -0.4 is 0 Å². The number of rotatable bonds is 2. The average Bonchev–Trinajstić information content (AvgIpc) is 3.03. The zero-order valence-corrected chi connectivity index (χ0v) is 12.9. The molecule has 0 amide bonds. The smallest absolute Gasteiger partial charge is 0.333 e. The summed E-state index contributed by atoms with van der Waals surface area (Å²) in [6.07, 6.45) is 5.45. The molecule has 0 aliphatic heterocycles. The predicted molar refractivity (Wildman–Crippen MR) is 77.9 cm³/mol. The quantitative estimate of drug-likeness (QED) is 0.435. The highest BCUT2D eigenvalue weighted by Crippen LogP contribution is 2.71. The molecule has 0 saturated heterocycles. The van der Waals surface area contributed by atoms with Crippen LogP contribution in [0.3, 0.4) is 0 Å². The number of carbonyl (C=O) groups is 1. The number of ether oxygens (including phenoxy) is 1. The van der Waals surface area contributed by atoms with Gasteiger partial charge in [0.15, 0.2) is 0 Å². The third-order valence-corrected chi connectivity index (χ3v) is 7.04. The maximum absolute atomic E-state index is 11.8. The van der Waals surface area contributed by atoms with Gasteiger partial charge in [-0.3, -0.25) is 0 Å². The molecule has 4 fully saturated rings.